The normalized spacial score (nSPS) is 12.5. The van der Waals surface area contributed by atoms with Gasteiger partial charge in [0.05, 0.1) is 12.5 Å². The molecule has 3 nitrogen and oxygen atoms in total. The molecule has 0 saturated carbocycles. The topological polar surface area (TPSA) is 57.5 Å². The van der Waals surface area contributed by atoms with Crippen molar-refractivity contribution < 1.29 is 15.0 Å². The van der Waals surface area contributed by atoms with Crippen molar-refractivity contribution in [3.63, 3.8) is 0 Å². The van der Waals surface area contributed by atoms with E-state index in [4.69, 9.17) is 10.2 Å². The summed E-state index contributed by atoms with van der Waals surface area (Å²) in [6, 6.07) is 3.67. The molecule has 1 unspecified atom stereocenters. The lowest BCUT2D eigenvalue weighted by atomic mass is 9.90. The molecule has 1 rings (SSSR count). The van der Waals surface area contributed by atoms with Gasteiger partial charge in [-0.05, 0) is 43.0 Å². The molecule has 0 radical (unpaired) electrons. The number of aliphatic carboxylic acids is 1. The summed E-state index contributed by atoms with van der Waals surface area (Å²) in [5.74, 6) is -1.32. The van der Waals surface area contributed by atoms with Crippen molar-refractivity contribution >= 4 is 5.97 Å². The van der Waals surface area contributed by atoms with Gasteiger partial charge in [-0.1, -0.05) is 12.1 Å². The smallest absolute Gasteiger partial charge is 0.310 e. The number of aliphatic hydroxyl groups excluding tert-OH is 1. The highest BCUT2D eigenvalue weighted by atomic mass is 16.4. The maximum atomic E-state index is 10.9. The molecule has 0 aliphatic rings. The first-order chi connectivity index (χ1) is 6.97. The third kappa shape index (κ3) is 2.36. The second-order valence-corrected chi connectivity index (χ2v) is 3.86. The molecule has 82 valence electrons. The molecule has 0 spiro atoms. The van der Waals surface area contributed by atoms with E-state index in [1.165, 1.54) is 0 Å². The van der Waals surface area contributed by atoms with Crippen molar-refractivity contribution in [1.29, 1.82) is 0 Å². The van der Waals surface area contributed by atoms with Crippen LogP contribution >= 0.6 is 0 Å². The number of carboxylic acids is 1. The van der Waals surface area contributed by atoms with E-state index in [1.807, 2.05) is 26.0 Å². The molecular weight excluding hydrogens is 192 g/mol. The minimum atomic E-state index is -0.821. The van der Waals surface area contributed by atoms with E-state index >= 15 is 0 Å². The predicted octanol–water partition coefficient (Wildman–Crippen LogP) is 1.98. The Labute approximate surface area is 89.4 Å². The van der Waals surface area contributed by atoms with Crippen LogP contribution in [0.2, 0.25) is 0 Å². The first-order valence-corrected chi connectivity index (χ1v) is 4.91. The third-order valence-corrected chi connectivity index (χ3v) is 2.64. The van der Waals surface area contributed by atoms with Crippen LogP contribution in [0.25, 0.3) is 0 Å². The van der Waals surface area contributed by atoms with Crippen LogP contribution in [0.5, 0.6) is 0 Å². The van der Waals surface area contributed by atoms with E-state index in [-0.39, 0.29) is 6.61 Å². The Balaban J connectivity index is 3.25. The Bertz CT molecular complexity index is 359. The molecule has 0 fully saturated rings. The van der Waals surface area contributed by atoms with Gasteiger partial charge >= 0.3 is 5.97 Å². The number of aryl methyl sites for hydroxylation is 2. The highest BCUT2D eigenvalue weighted by molar-refractivity contribution is 5.76. The van der Waals surface area contributed by atoms with Gasteiger partial charge in [0, 0.05) is 0 Å². The monoisotopic (exact) mass is 208 g/mol. The van der Waals surface area contributed by atoms with Crippen molar-refractivity contribution in [3.8, 4) is 0 Å². The van der Waals surface area contributed by atoms with Gasteiger partial charge < -0.3 is 10.2 Å². The quantitative estimate of drug-likeness (QED) is 0.798. The summed E-state index contributed by atoms with van der Waals surface area (Å²) in [4.78, 5) is 10.9. The summed E-state index contributed by atoms with van der Waals surface area (Å²) in [5, 5.41) is 18.0. The molecule has 0 aliphatic heterocycles. The lowest BCUT2D eigenvalue weighted by Gasteiger charge is -2.15. The molecule has 0 heterocycles. The lowest BCUT2D eigenvalue weighted by molar-refractivity contribution is -0.138. The Morgan fingerprint density at radius 3 is 2.13 bits per heavy atom. The van der Waals surface area contributed by atoms with Crippen molar-refractivity contribution in [2.45, 2.75) is 33.3 Å². The second kappa shape index (κ2) is 4.45. The van der Waals surface area contributed by atoms with E-state index in [9.17, 15) is 4.79 Å². The maximum absolute atomic E-state index is 10.9. The van der Waals surface area contributed by atoms with Crippen LogP contribution in [0.15, 0.2) is 12.1 Å². The van der Waals surface area contributed by atoms with Crippen molar-refractivity contribution in [2.75, 3.05) is 0 Å². The zero-order valence-corrected chi connectivity index (χ0v) is 9.24. The first-order valence-electron chi connectivity index (χ1n) is 4.91. The van der Waals surface area contributed by atoms with E-state index < -0.39 is 11.9 Å². The predicted molar refractivity (Wildman–Crippen MR) is 57.9 cm³/mol. The molecule has 0 aromatic heterocycles. The van der Waals surface area contributed by atoms with Crippen molar-refractivity contribution in [1.82, 2.24) is 0 Å². The molecule has 15 heavy (non-hydrogen) atoms. The van der Waals surface area contributed by atoms with Crippen LogP contribution < -0.4 is 0 Å². The molecular formula is C12H16O3. The SMILES string of the molecule is Cc1cc(CO)cc(C)c1C(C)C(=O)O. The fourth-order valence-corrected chi connectivity index (χ4v) is 1.96. The molecule has 0 aliphatic carbocycles. The Kier molecular flexibility index (Phi) is 3.48. The van der Waals surface area contributed by atoms with Gasteiger partial charge in [0.1, 0.15) is 0 Å². The van der Waals surface area contributed by atoms with Crippen LogP contribution in [0.3, 0.4) is 0 Å². The number of hydrogen-bond acceptors (Lipinski definition) is 2. The molecule has 2 N–H and O–H groups in total. The summed E-state index contributed by atoms with van der Waals surface area (Å²) in [5.41, 5.74) is 3.52. The molecule has 0 amide bonds. The van der Waals surface area contributed by atoms with Gasteiger partial charge in [0.15, 0.2) is 0 Å². The zero-order chi connectivity index (χ0) is 11.6. The van der Waals surface area contributed by atoms with Gasteiger partial charge in [0.25, 0.3) is 0 Å². The zero-order valence-electron chi connectivity index (χ0n) is 9.24. The van der Waals surface area contributed by atoms with Crippen molar-refractivity contribution in [3.05, 3.63) is 34.4 Å². The summed E-state index contributed by atoms with van der Waals surface area (Å²) in [7, 11) is 0. The lowest BCUT2D eigenvalue weighted by Crippen LogP contribution is -2.11. The average molecular weight is 208 g/mol. The molecule has 1 aromatic rings. The van der Waals surface area contributed by atoms with Gasteiger partial charge in [-0.2, -0.15) is 0 Å². The maximum Gasteiger partial charge on any atom is 0.310 e. The van der Waals surface area contributed by atoms with Gasteiger partial charge in [-0.3, -0.25) is 4.79 Å². The highest BCUT2D eigenvalue weighted by Gasteiger charge is 2.18. The van der Waals surface area contributed by atoms with Crippen LogP contribution in [-0.4, -0.2) is 16.2 Å². The Morgan fingerprint density at radius 1 is 1.33 bits per heavy atom. The minimum absolute atomic E-state index is 0.0105. The minimum Gasteiger partial charge on any atom is -0.481 e. The third-order valence-electron chi connectivity index (χ3n) is 2.64. The fourth-order valence-electron chi connectivity index (χ4n) is 1.96. The Hall–Kier alpha value is -1.35. The van der Waals surface area contributed by atoms with E-state index in [2.05, 4.69) is 0 Å². The summed E-state index contributed by atoms with van der Waals surface area (Å²) in [6.45, 7) is 5.42. The Morgan fingerprint density at radius 2 is 1.80 bits per heavy atom. The van der Waals surface area contributed by atoms with E-state index in [0.29, 0.717) is 0 Å². The molecule has 1 atom stereocenters. The van der Waals surface area contributed by atoms with Gasteiger partial charge in [-0.15, -0.1) is 0 Å². The molecule has 0 bridgehead atoms. The molecule has 3 heteroatoms. The average Bonchev–Trinajstić information content (AvgIpc) is 2.16. The van der Waals surface area contributed by atoms with E-state index in [0.717, 1.165) is 22.3 Å². The van der Waals surface area contributed by atoms with Gasteiger partial charge in [-0.25, -0.2) is 0 Å². The molecule has 1 aromatic carbocycles. The van der Waals surface area contributed by atoms with Crippen LogP contribution in [0.4, 0.5) is 0 Å². The highest BCUT2D eigenvalue weighted by Crippen LogP contribution is 2.25. The first kappa shape index (κ1) is 11.7. The second-order valence-electron chi connectivity index (χ2n) is 3.86. The van der Waals surface area contributed by atoms with E-state index in [1.54, 1.807) is 6.92 Å². The summed E-state index contributed by atoms with van der Waals surface area (Å²) in [6.07, 6.45) is 0. The molecule has 0 saturated heterocycles. The number of carboxylic acid groups (broad SMARTS) is 1. The largest absolute Gasteiger partial charge is 0.481 e. The summed E-state index contributed by atoms with van der Waals surface area (Å²) < 4.78 is 0. The number of aliphatic hydroxyl groups is 1. The standard InChI is InChI=1S/C12H16O3/c1-7-4-10(6-13)5-8(2)11(7)9(3)12(14)15/h4-5,9,13H,6H2,1-3H3,(H,14,15). The number of rotatable bonds is 3. The van der Waals surface area contributed by atoms with Gasteiger partial charge in [0.2, 0.25) is 0 Å². The number of carbonyl (C=O) groups is 1. The van der Waals surface area contributed by atoms with Crippen LogP contribution in [-0.2, 0) is 11.4 Å². The number of benzene rings is 1. The number of hydrogen-bond donors (Lipinski definition) is 2. The van der Waals surface area contributed by atoms with Crippen LogP contribution in [0.1, 0.15) is 35.1 Å². The van der Waals surface area contributed by atoms with Crippen molar-refractivity contribution in [2.24, 2.45) is 0 Å². The fraction of sp³-hybridized carbons (Fsp3) is 0.417. The summed E-state index contributed by atoms with van der Waals surface area (Å²) >= 11 is 0. The van der Waals surface area contributed by atoms with Crippen LogP contribution in [0, 0.1) is 13.8 Å².